The van der Waals surface area contributed by atoms with Gasteiger partial charge in [-0.2, -0.15) is 0 Å². The highest BCUT2D eigenvalue weighted by Gasteiger charge is 2.22. The molecule has 3 rings (SSSR count). The summed E-state index contributed by atoms with van der Waals surface area (Å²) in [6.45, 7) is 8.19. The van der Waals surface area contributed by atoms with Crippen LogP contribution in [0.3, 0.4) is 0 Å². The second-order valence-electron chi connectivity index (χ2n) is 6.13. The Morgan fingerprint density at radius 1 is 1.35 bits per heavy atom. The van der Waals surface area contributed by atoms with Gasteiger partial charge in [-0.15, -0.1) is 0 Å². The molecule has 0 unspecified atom stereocenters. The lowest BCUT2D eigenvalue weighted by Crippen LogP contribution is -2.39. The minimum absolute atomic E-state index is 0.178. The van der Waals surface area contributed by atoms with Crippen LogP contribution in [0.25, 0.3) is 10.9 Å². The van der Waals surface area contributed by atoms with Gasteiger partial charge in [0.05, 0.1) is 0 Å². The average Bonchev–Trinajstić information content (AvgIpc) is 2.73. The number of amides is 1. The van der Waals surface area contributed by atoms with Gasteiger partial charge in [-0.1, -0.05) is 6.92 Å². The molecule has 3 heteroatoms. The number of aromatic amines is 1. The molecule has 0 radical (unpaired) electrons. The average molecular weight is 270 g/mol. The summed E-state index contributed by atoms with van der Waals surface area (Å²) in [5.74, 6) is 0.796. The van der Waals surface area contributed by atoms with E-state index < -0.39 is 0 Å². The number of carbonyl (C=O) groups is 1. The Morgan fingerprint density at radius 3 is 2.90 bits per heavy atom. The van der Waals surface area contributed by atoms with E-state index in [1.165, 1.54) is 23.1 Å². The minimum Gasteiger partial charge on any atom is -0.358 e. The Hall–Kier alpha value is -1.77. The minimum atomic E-state index is 0.178. The maximum absolute atomic E-state index is 12.6. The molecule has 2 aromatic rings. The molecule has 0 aliphatic carbocycles. The van der Waals surface area contributed by atoms with E-state index in [9.17, 15) is 4.79 Å². The van der Waals surface area contributed by atoms with Gasteiger partial charge in [-0.05, 0) is 56.4 Å². The number of benzene rings is 1. The molecule has 0 spiro atoms. The van der Waals surface area contributed by atoms with Gasteiger partial charge >= 0.3 is 0 Å². The highest BCUT2D eigenvalue weighted by Crippen LogP contribution is 2.24. The van der Waals surface area contributed by atoms with Gasteiger partial charge in [0.1, 0.15) is 0 Å². The first-order valence-corrected chi connectivity index (χ1v) is 7.44. The van der Waals surface area contributed by atoms with Gasteiger partial charge in [-0.3, -0.25) is 4.79 Å². The van der Waals surface area contributed by atoms with Gasteiger partial charge in [0.15, 0.2) is 0 Å². The van der Waals surface area contributed by atoms with Gasteiger partial charge in [0.2, 0.25) is 0 Å². The normalized spacial score (nSPS) is 19.6. The van der Waals surface area contributed by atoms with E-state index in [0.29, 0.717) is 5.92 Å². The van der Waals surface area contributed by atoms with Crippen molar-refractivity contribution in [3.05, 3.63) is 35.0 Å². The van der Waals surface area contributed by atoms with E-state index in [0.717, 1.165) is 30.6 Å². The number of nitrogens with zero attached hydrogens (tertiary/aromatic N) is 1. The molecule has 1 saturated heterocycles. The van der Waals surface area contributed by atoms with E-state index in [2.05, 4.69) is 25.8 Å². The molecule has 106 valence electrons. The lowest BCUT2D eigenvalue weighted by Gasteiger charge is -2.31. The van der Waals surface area contributed by atoms with Crippen LogP contribution in [0.15, 0.2) is 18.2 Å². The van der Waals surface area contributed by atoms with Crippen molar-refractivity contribution in [3.8, 4) is 0 Å². The molecule has 1 aliphatic heterocycles. The van der Waals surface area contributed by atoms with E-state index in [1.54, 1.807) is 0 Å². The highest BCUT2D eigenvalue weighted by atomic mass is 16.2. The second-order valence-corrected chi connectivity index (χ2v) is 6.13. The summed E-state index contributed by atoms with van der Waals surface area (Å²) >= 11 is 0. The zero-order valence-electron chi connectivity index (χ0n) is 12.5. The summed E-state index contributed by atoms with van der Waals surface area (Å²) < 4.78 is 0. The van der Waals surface area contributed by atoms with Crippen LogP contribution in [0.2, 0.25) is 0 Å². The number of piperidine rings is 1. The van der Waals surface area contributed by atoms with Crippen molar-refractivity contribution < 1.29 is 4.79 Å². The number of rotatable bonds is 1. The Labute approximate surface area is 120 Å². The number of aryl methyl sites for hydroxylation is 2. The monoisotopic (exact) mass is 270 g/mol. The quantitative estimate of drug-likeness (QED) is 0.843. The Morgan fingerprint density at radius 2 is 2.15 bits per heavy atom. The molecule has 3 nitrogen and oxygen atoms in total. The molecule has 1 aliphatic rings. The third-order valence-electron chi connectivity index (χ3n) is 4.50. The number of hydrogen-bond donors (Lipinski definition) is 1. The number of fused-ring (bicyclic) bond motifs is 1. The van der Waals surface area contributed by atoms with Crippen LogP contribution in [0.1, 0.15) is 41.4 Å². The van der Waals surface area contributed by atoms with Crippen molar-refractivity contribution in [3.63, 3.8) is 0 Å². The number of likely N-dealkylation sites (tertiary alicyclic amines) is 1. The second kappa shape index (κ2) is 4.97. The van der Waals surface area contributed by atoms with E-state index in [4.69, 9.17) is 0 Å². The number of H-pyrrole nitrogens is 1. The third-order valence-corrected chi connectivity index (χ3v) is 4.50. The SMILES string of the molecule is Cc1[nH]c2ccc(C(=O)N3CCC[C@@H](C)C3)cc2c1C. The zero-order chi connectivity index (χ0) is 14.3. The molecule has 1 aromatic heterocycles. The van der Waals surface area contributed by atoms with Crippen LogP contribution in [-0.2, 0) is 0 Å². The number of carbonyl (C=O) groups excluding carboxylic acids is 1. The fourth-order valence-corrected chi connectivity index (χ4v) is 3.15. The molecule has 1 N–H and O–H groups in total. The van der Waals surface area contributed by atoms with Crippen LogP contribution < -0.4 is 0 Å². The van der Waals surface area contributed by atoms with E-state index in [-0.39, 0.29) is 5.91 Å². The summed E-state index contributed by atoms with van der Waals surface area (Å²) in [7, 11) is 0. The van der Waals surface area contributed by atoms with Crippen molar-refractivity contribution in [2.24, 2.45) is 5.92 Å². The van der Waals surface area contributed by atoms with Crippen molar-refractivity contribution in [1.29, 1.82) is 0 Å². The Bertz CT molecular complexity index is 656. The molecule has 0 bridgehead atoms. The van der Waals surface area contributed by atoms with E-state index >= 15 is 0 Å². The maximum Gasteiger partial charge on any atom is 0.253 e. The van der Waals surface area contributed by atoms with Gasteiger partial charge < -0.3 is 9.88 Å². The number of hydrogen-bond acceptors (Lipinski definition) is 1. The van der Waals surface area contributed by atoms with Crippen molar-refractivity contribution >= 4 is 16.8 Å². The molecule has 2 heterocycles. The molecule has 0 saturated carbocycles. The Balaban J connectivity index is 1.93. The summed E-state index contributed by atoms with van der Waals surface area (Å²) in [5.41, 5.74) is 4.34. The van der Waals surface area contributed by atoms with Crippen LogP contribution in [0.4, 0.5) is 0 Å². The first-order chi connectivity index (χ1) is 9.56. The summed E-state index contributed by atoms with van der Waals surface area (Å²) in [6.07, 6.45) is 2.36. The topological polar surface area (TPSA) is 36.1 Å². The van der Waals surface area contributed by atoms with Gasteiger partial charge in [-0.25, -0.2) is 0 Å². The lowest BCUT2D eigenvalue weighted by atomic mass is 9.99. The van der Waals surface area contributed by atoms with Crippen molar-refractivity contribution in [2.75, 3.05) is 13.1 Å². The van der Waals surface area contributed by atoms with E-state index in [1.807, 2.05) is 23.1 Å². The molecular weight excluding hydrogens is 248 g/mol. The molecule has 1 aromatic carbocycles. The first kappa shape index (κ1) is 13.2. The predicted molar refractivity (Wildman–Crippen MR) is 82.1 cm³/mol. The highest BCUT2D eigenvalue weighted by molar-refractivity contribution is 5.99. The standard InChI is InChI=1S/C17H22N2O/c1-11-5-4-8-19(10-11)17(20)14-6-7-16-15(9-14)12(2)13(3)18-16/h6-7,9,11,18H,4-5,8,10H2,1-3H3/t11-/m1/s1. The predicted octanol–water partition coefficient (Wildman–Crippen LogP) is 3.66. The molecule has 20 heavy (non-hydrogen) atoms. The summed E-state index contributed by atoms with van der Waals surface area (Å²) in [4.78, 5) is 18.0. The van der Waals surface area contributed by atoms with Gasteiger partial charge in [0, 0.05) is 35.2 Å². The summed E-state index contributed by atoms with van der Waals surface area (Å²) in [6, 6.07) is 6.00. The lowest BCUT2D eigenvalue weighted by molar-refractivity contribution is 0.0683. The smallest absolute Gasteiger partial charge is 0.253 e. The van der Waals surface area contributed by atoms with Crippen LogP contribution in [-0.4, -0.2) is 28.9 Å². The fraction of sp³-hybridized carbons (Fsp3) is 0.471. The van der Waals surface area contributed by atoms with Crippen molar-refractivity contribution in [1.82, 2.24) is 9.88 Å². The Kier molecular flexibility index (Phi) is 3.28. The van der Waals surface area contributed by atoms with Crippen LogP contribution in [0, 0.1) is 19.8 Å². The number of nitrogens with one attached hydrogen (secondary N) is 1. The summed E-state index contributed by atoms with van der Waals surface area (Å²) in [5, 5.41) is 1.17. The molecular formula is C17H22N2O. The van der Waals surface area contributed by atoms with Crippen molar-refractivity contribution in [2.45, 2.75) is 33.6 Å². The van der Waals surface area contributed by atoms with Crippen LogP contribution >= 0.6 is 0 Å². The molecule has 1 amide bonds. The largest absolute Gasteiger partial charge is 0.358 e. The van der Waals surface area contributed by atoms with Crippen LogP contribution in [0.5, 0.6) is 0 Å². The molecule has 1 atom stereocenters. The zero-order valence-corrected chi connectivity index (χ0v) is 12.5. The van der Waals surface area contributed by atoms with Gasteiger partial charge in [0.25, 0.3) is 5.91 Å². The number of aromatic nitrogens is 1. The maximum atomic E-state index is 12.6. The third kappa shape index (κ3) is 2.21. The molecule has 1 fully saturated rings. The fourth-order valence-electron chi connectivity index (χ4n) is 3.15. The first-order valence-electron chi connectivity index (χ1n) is 7.44.